The molecule has 2 heterocycles. The van der Waals surface area contributed by atoms with Gasteiger partial charge in [-0.2, -0.15) is 5.26 Å². The van der Waals surface area contributed by atoms with Gasteiger partial charge >= 0.3 is 5.97 Å². The minimum Gasteiger partial charge on any atom is -0.478 e. The molecule has 1 aliphatic carbocycles. The molecule has 0 amide bonds. The third-order valence-electron chi connectivity index (χ3n) is 4.99. The molecule has 0 bridgehead atoms. The molecule has 1 aromatic carbocycles. The van der Waals surface area contributed by atoms with E-state index in [9.17, 15) is 4.79 Å². The van der Waals surface area contributed by atoms with Crippen molar-refractivity contribution in [3.63, 3.8) is 0 Å². The van der Waals surface area contributed by atoms with Crippen LogP contribution in [0.5, 0.6) is 0 Å². The summed E-state index contributed by atoms with van der Waals surface area (Å²) in [7, 11) is 0. The van der Waals surface area contributed by atoms with Crippen molar-refractivity contribution in [2.75, 3.05) is 18.0 Å². The Labute approximate surface area is 144 Å². The summed E-state index contributed by atoms with van der Waals surface area (Å²) < 4.78 is 0. The molecule has 2 aliphatic rings. The fraction of sp³-hybridized carbons (Fsp3) is 0.333. The van der Waals surface area contributed by atoms with Crippen LogP contribution in [-0.4, -0.2) is 40.2 Å². The number of carboxylic acids is 1. The van der Waals surface area contributed by atoms with Gasteiger partial charge in [0.15, 0.2) is 0 Å². The maximum absolute atomic E-state index is 10.8. The predicted molar refractivity (Wildman–Crippen MR) is 90.0 cm³/mol. The van der Waals surface area contributed by atoms with Crippen LogP contribution in [0.1, 0.15) is 21.5 Å². The van der Waals surface area contributed by atoms with E-state index in [2.05, 4.69) is 26.3 Å². The van der Waals surface area contributed by atoms with E-state index >= 15 is 0 Å². The van der Waals surface area contributed by atoms with Crippen LogP contribution >= 0.6 is 0 Å². The highest BCUT2D eigenvalue weighted by atomic mass is 16.4. The molecular formula is C18H17N5O2. The van der Waals surface area contributed by atoms with Crippen molar-refractivity contribution in [2.24, 2.45) is 11.8 Å². The topological polar surface area (TPSA) is 102 Å². The summed E-state index contributed by atoms with van der Waals surface area (Å²) in [5.74, 6) is 0.758. The molecule has 3 atom stereocenters. The Morgan fingerprint density at radius 2 is 1.88 bits per heavy atom. The van der Waals surface area contributed by atoms with E-state index in [0.717, 1.165) is 19.6 Å². The molecule has 126 valence electrons. The van der Waals surface area contributed by atoms with Crippen LogP contribution in [0.25, 0.3) is 0 Å². The number of nitrogens with one attached hydrogen (secondary N) is 1. The third-order valence-corrected chi connectivity index (χ3v) is 4.99. The van der Waals surface area contributed by atoms with Gasteiger partial charge in [-0.3, -0.25) is 0 Å². The molecule has 7 nitrogen and oxygen atoms in total. The van der Waals surface area contributed by atoms with E-state index in [-0.39, 0.29) is 5.56 Å². The van der Waals surface area contributed by atoms with Gasteiger partial charge in [-0.1, -0.05) is 12.1 Å². The van der Waals surface area contributed by atoms with Gasteiger partial charge in [-0.05, 0) is 29.5 Å². The van der Waals surface area contributed by atoms with E-state index < -0.39 is 5.97 Å². The molecule has 4 rings (SSSR count). The number of carbonyl (C=O) groups is 1. The van der Waals surface area contributed by atoms with E-state index in [4.69, 9.17) is 10.4 Å². The van der Waals surface area contributed by atoms with Crippen molar-refractivity contribution in [3.05, 3.63) is 53.3 Å². The van der Waals surface area contributed by atoms with Gasteiger partial charge in [0.25, 0.3) is 0 Å². The molecule has 1 aliphatic heterocycles. The van der Waals surface area contributed by atoms with Crippen molar-refractivity contribution < 1.29 is 9.90 Å². The second kappa shape index (κ2) is 6.15. The average Bonchev–Trinajstić information content (AvgIpc) is 3.09. The molecule has 1 saturated heterocycles. The summed E-state index contributed by atoms with van der Waals surface area (Å²) in [4.78, 5) is 21.3. The van der Waals surface area contributed by atoms with Crippen LogP contribution in [0.4, 0.5) is 5.95 Å². The second-order valence-corrected chi connectivity index (χ2v) is 6.52. The summed E-state index contributed by atoms with van der Waals surface area (Å²) >= 11 is 0. The molecule has 7 heteroatoms. The van der Waals surface area contributed by atoms with Gasteiger partial charge in [0, 0.05) is 38.1 Å². The van der Waals surface area contributed by atoms with Crippen LogP contribution in [0.3, 0.4) is 0 Å². The average molecular weight is 335 g/mol. The lowest BCUT2D eigenvalue weighted by atomic mass is 10.1. The second-order valence-electron chi connectivity index (χ2n) is 6.52. The first-order valence-electron chi connectivity index (χ1n) is 8.18. The van der Waals surface area contributed by atoms with Gasteiger partial charge in [-0.15, -0.1) is 0 Å². The molecule has 2 N–H and O–H groups in total. The lowest BCUT2D eigenvalue weighted by Crippen LogP contribution is -2.32. The van der Waals surface area contributed by atoms with Gasteiger partial charge in [0.05, 0.1) is 17.2 Å². The molecule has 1 aromatic heterocycles. The summed E-state index contributed by atoms with van der Waals surface area (Å²) in [5, 5.41) is 21.3. The van der Waals surface area contributed by atoms with Crippen LogP contribution in [0, 0.1) is 23.2 Å². The highest BCUT2D eigenvalue weighted by molar-refractivity contribution is 5.86. The number of rotatable bonds is 5. The smallest absolute Gasteiger partial charge is 0.338 e. The molecular weight excluding hydrogens is 318 g/mol. The zero-order valence-electron chi connectivity index (χ0n) is 13.5. The lowest BCUT2D eigenvalue weighted by molar-refractivity contribution is 0.0696. The summed E-state index contributed by atoms with van der Waals surface area (Å²) in [6.07, 6.45) is 2.71. The first kappa shape index (κ1) is 15.5. The zero-order chi connectivity index (χ0) is 17.4. The van der Waals surface area contributed by atoms with Crippen molar-refractivity contribution in [1.82, 2.24) is 15.3 Å². The normalized spacial score (nSPS) is 23.8. The van der Waals surface area contributed by atoms with E-state index in [1.807, 2.05) is 24.3 Å². The first-order chi connectivity index (χ1) is 12.2. The Hall–Kier alpha value is -2.98. The summed E-state index contributed by atoms with van der Waals surface area (Å²) in [5.41, 5.74) is 1.96. The fourth-order valence-corrected chi connectivity index (χ4v) is 3.52. The number of anilines is 1. The van der Waals surface area contributed by atoms with Gasteiger partial charge < -0.3 is 15.3 Å². The van der Waals surface area contributed by atoms with E-state index in [1.165, 1.54) is 18.0 Å². The Balaban J connectivity index is 1.28. The highest BCUT2D eigenvalue weighted by Gasteiger charge is 2.55. The van der Waals surface area contributed by atoms with E-state index in [1.54, 1.807) is 0 Å². The van der Waals surface area contributed by atoms with Crippen LogP contribution < -0.4 is 10.2 Å². The maximum Gasteiger partial charge on any atom is 0.338 e. The molecule has 0 radical (unpaired) electrons. The van der Waals surface area contributed by atoms with Gasteiger partial charge in [-0.25, -0.2) is 14.8 Å². The fourth-order valence-electron chi connectivity index (χ4n) is 3.52. The number of benzene rings is 1. The number of piperidine rings is 1. The minimum absolute atomic E-state index is 0.107. The summed E-state index contributed by atoms with van der Waals surface area (Å²) in [6, 6.07) is 10.3. The molecule has 0 spiro atoms. The Morgan fingerprint density at radius 1 is 1.24 bits per heavy atom. The van der Waals surface area contributed by atoms with Crippen molar-refractivity contribution in [3.8, 4) is 6.07 Å². The number of fused-ring (bicyclic) bond motifs is 1. The van der Waals surface area contributed by atoms with Gasteiger partial charge in [0.2, 0.25) is 5.95 Å². The SMILES string of the molecule is N#Cc1ccc(CNC2[C@H]3CN(c4ncc(C(=O)O)cn4)C[C@@H]23)cc1. The first-order valence-corrected chi connectivity index (χ1v) is 8.18. The molecule has 1 saturated carbocycles. The monoisotopic (exact) mass is 335 g/mol. The number of hydrogen-bond donors (Lipinski definition) is 2. The number of nitriles is 1. The number of nitrogens with zero attached hydrogens (tertiary/aromatic N) is 4. The summed E-state index contributed by atoms with van der Waals surface area (Å²) in [6.45, 7) is 2.58. The van der Waals surface area contributed by atoms with Crippen molar-refractivity contribution in [1.29, 1.82) is 5.26 Å². The minimum atomic E-state index is -1.01. The molecule has 2 fully saturated rings. The molecule has 1 unspecified atom stereocenters. The third kappa shape index (κ3) is 3.04. The molecule has 2 aromatic rings. The number of aromatic carboxylic acids is 1. The lowest BCUT2D eigenvalue weighted by Gasteiger charge is -2.20. The quantitative estimate of drug-likeness (QED) is 0.848. The van der Waals surface area contributed by atoms with Crippen molar-refractivity contribution >= 4 is 11.9 Å². The highest BCUT2D eigenvalue weighted by Crippen LogP contribution is 2.46. The Kier molecular flexibility index (Phi) is 3.82. The van der Waals surface area contributed by atoms with Crippen LogP contribution in [0.2, 0.25) is 0 Å². The zero-order valence-corrected chi connectivity index (χ0v) is 13.5. The number of hydrogen-bond acceptors (Lipinski definition) is 6. The van der Waals surface area contributed by atoms with Gasteiger partial charge in [0.1, 0.15) is 0 Å². The van der Waals surface area contributed by atoms with Crippen LogP contribution in [-0.2, 0) is 6.54 Å². The van der Waals surface area contributed by atoms with Crippen molar-refractivity contribution in [2.45, 2.75) is 12.6 Å². The largest absolute Gasteiger partial charge is 0.478 e. The molecule has 25 heavy (non-hydrogen) atoms. The van der Waals surface area contributed by atoms with E-state index in [0.29, 0.717) is 29.4 Å². The van der Waals surface area contributed by atoms with Crippen LogP contribution in [0.15, 0.2) is 36.7 Å². The number of carboxylic acid groups (broad SMARTS) is 1. The number of aromatic nitrogens is 2. The Bertz CT molecular complexity index is 816. The maximum atomic E-state index is 10.8. The predicted octanol–water partition coefficient (Wildman–Crippen LogP) is 1.27. The standard InChI is InChI=1S/C18H17N5O2/c19-5-11-1-3-12(4-2-11)6-20-16-14-9-23(10-15(14)16)18-21-7-13(8-22-18)17(24)25/h1-4,7-8,14-16,20H,6,9-10H2,(H,24,25)/t14-,15+,16?. The Morgan fingerprint density at radius 3 is 2.44 bits per heavy atom.